The zero-order valence-electron chi connectivity index (χ0n) is 13.5. The van der Waals surface area contributed by atoms with E-state index in [4.69, 9.17) is 0 Å². The number of nitrogens with zero attached hydrogens (tertiary/aromatic N) is 4. The normalized spacial score (nSPS) is 12.9. The zero-order valence-corrected chi connectivity index (χ0v) is 13.5. The zero-order chi connectivity index (χ0) is 18.6. The molecular weight excluding hydrogens is 339 g/mol. The molecule has 2 rings (SSSR count). The highest BCUT2D eigenvalue weighted by atomic mass is 19.4. The van der Waals surface area contributed by atoms with Crippen molar-refractivity contribution in [1.29, 1.82) is 0 Å². The van der Waals surface area contributed by atoms with Crippen molar-refractivity contribution in [1.82, 2.24) is 14.9 Å². The van der Waals surface area contributed by atoms with Crippen molar-refractivity contribution in [2.75, 3.05) is 26.0 Å². The molecule has 0 saturated heterocycles. The van der Waals surface area contributed by atoms with Crippen LogP contribution in [-0.2, 0) is 6.18 Å². The second kappa shape index (κ2) is 7.43. The predicted octanol–water partition coefficient (Wildman–Crippen LogP) is 3.12. The summed E-state index contributed by atoms with van der Waals surface area (Å²) in [5, 5.41) is 13.5. The van der Waals surface area contributed by atoms with Gasteiger partial charge < -0.3 is 10.2 Å². The van der Waals surface area contributed by atoms with Crippen molar-refractivity contribution in [3.8, 4) is 0 Å². The second-order valence-corrected chi connectivity index (χ2v) is 5.51. The van der Waals surface area contributed by atoms with Crippen LogP contribution >= 0.6 is 0 Å². The first-order valence-corrected chi connectivity index (χ1v) is 7.22. The molecule has 1 atom stereocenters. The van der Waals surface area contributed by atoms with E-state index in [-0.39, 0.29) is 24.2 Å². The van der Waals surface area contributed by atoms with Crippen LogP contribution in [0.1, 0.15) is 17.2 Å². The van der Waals surface area contributed by atoms with E-state index in [2.05, 4.69) is 15.3 Å². The van der Waals surface area contributed by atoms with Crippen molar-refractivity contribution in [3.63, 3.8) is 0 Å². The maximum Gasteiger partial charge on any atom is 0.416 e. The van der Waals surface area contributed by atoms with Gasteiger partial charge in [-0.1, -0.05) is 12.1 Å². The lowest BCUT2D eigenvalue weighted by atomic mass is 10.0. The topological polar surface area (TPSA) is 84.2 Å². The molecule has 25 heavy (non-hydrogen) atoms. The fourth-order valence-corrected chi connectivity index (χ4v) is 2.22. The molecule has 1 aromatic heterocycles. The standard InChI is InChI=1S/C15H16F3N5O2/c1-22(2)13(10-4-3-5-11(6-10)15(16,17)18)9-21-14-19-7-12(8-20-14)23(24)25/h3-8,13H,9H2,1-2H3,(H,19,20,21). The molecule has 2 aromatic rings. The first-order valence-electron chi connectivity index (χ1n) is 7.22. The molecule has 1 unspecified atom stereocenters. The summed E-state index contributed by atoms with van der Waals surface area (Å²) in [5.74, 6) is 0.157. The summed E-state index contributed by atoms with van der Waals surface area (Å²) in [6.07, 6.45) is -2.30. The highest BCUT2D eigenvalue weighted by Crippen LogP contribution is 2.31. The van der Waals surface area contributed by atoms with E-state index in [1.165, 1.54) is 6.07 Å². The minimum atomic E-state index is -4.41. The summed E-state index contributed by atoms with van der Waals surface area (Å²) < 4.78 is 38.6. The van der Waals surface area contributed by atoms with Crippen LogP contribution in [-0.4, -0.2) is 40.4 Å². The van der Waals surface area contributed by atoms with E-state index in [1.807, 2.05) is 0 Å². The van der Waals surface area contributed by atoms with Crippen LogP contribution in [0, 0.1) is 10.1 Å². The molecule has 10 heteroatoms. The molecule has 0 amide bonds. The minimum Gasteiger partial charge on any atom is -0.352 e. The third-order valence-electron chi connectivity index (χ3n) is 3.52. The largest absolute Gasteiger partial charge is 0.416 e. The molecule has 0 spiro atoms. The van der Waals surface area contributed by atoms with Crippen LogP contribution in [0.2, 0.25) is 0 Å². The van der Waals surface area contributed by atoms with E-state index >= 15 is 0 Å². The summed E-state index contributed by atoms with van der Waals surface area (Å²) >= 11 is 0. The number of hydrogen-bond acceptors (Lipinski definition) is 6. The molecule has 0 saturated carbocycles. The Balaban J connectivity index is 2.15. The third-order valence-corrected chi connectivity index (χ3v) is 3.52. The van der Waals surface area contributed by atoms with Gasteiger partial charge in [0, 0.05) is 6.54 Å². The smallest absolute Gasteiger partial charge is 0.352 e. The van der Waals surface area contributed by atoms with Gasteiger partial charge in [0.05, 0.1) is 16.5 Å². The van der Waals surface area contributed by atoms with E-state index in [9.17, 15) is 23.3 Å². The van der Waals surface area contributed by atoms with Gasteiger partial charge >= 0.3 is 11.9 Å². The van der Waals surface area contributed by atoms with Crippen LogP contribution in [0.25, 0.3) is 0 Å². The maximum absolute atomic E-state index is 12.9. The van der Waals surface area contributed by atoms with Gasteiger partial charge in [-0.05, 0) is 31.8 Å². The molecule has 1 heterocycles. The lowest BCUT2D eigenvalue weighted by Gasteiger charge is -2.25. The Bertz CT molecular complexity index is 735. The molecule has 0 aliphatic heterocycles. The number of aromatic nitrogens is 2. The minimum absolute atomic E-state index is 0.157. The molecule has 1 N–H and O–H groups in total. The molecule has 7 nitrogen and oxygen atoms in total. The Hall–Kier alpha value is -2.75. The number of benzene rings is 1. The van der Waals surface area contributed by atoms with Gasteiger partial charge in [-0.2, -0.15) is 13.2 Å². The van der Waals surface area contributed by atoms with Crippen LogP contribution in [0.3, 0.4) is 0 Å². The molecule has 0 fully saturated rings. The van der Waals surface area contributed by atoms with Crippen molar-refractivity contribution in [2.45, 2.75) is 12.2 Å². The number of alkyl halides is 3. The van der Waals surface area contributed by atoms with Crippen molar-refractivity contribution >= 4 is 11.6 Å². The molecule has 1 aromatic carbocycles. The van der Waals surface area contributed by atoms with Gasteiger partial charge in [-0.15, -0.1) is 0 Å². The number of likely N-dealkylation sites (N-methyl/N-ethyl adjacent to an activating group) is 1. The van der Waals surface area contributed by atoms with E-state index in [0.29, 0.717) is 5.56 Å². The van der Waals surface area contributed by atoms with Crippen LogP contribution in [0.5, 0.6) is 0 Å². The third kappa shape index (κ3) is 4.86. The summed E-state index contributed by atoms with van der Waals surface area (Å²) in [6.45, 7) is 0.228. The molecule has 134 valence electrons. The van der Waals surface area contributed by atoms with Gasteiger partial charge in [0.15, 0.2) is 0 Å². The van der Waals surface area contributed by atoms with Gasteiger partial charge in [-0.25, -0.2) is 9.97 Å². The number of rotatable bonds is 6. The monoisotopic (exact) mass is 355 g/mol. The number of halogens is 3. The maximum atomic E-state index is 12.9. The van der Waals surface area contributed by atoms with Gasteiger partial charge in [-0.3, -0.25) is 10.1 Å². The number of anilines is 1. The average molecular weight is 355 g/mol. The molecule has 0 aliphatic carbocycles. The summed E-state index contributed by atoms with van der Waals surface area (Å²) in [6, 6.07) is 4.71. The lowest BCUT2D eigenvalue weighted by Crippen LogP contribution is -2.27. The SMILES string of the molecule is CN(C)C(CNc1ncc([N+](=O)[O-])cn1)c1cccc(C(F)(F)F)c1. The Morgan fingerprint density at radius 2 is 1.92 bits per heavy atom. The summed E-state index contributed by atoms with van der Waals surface area (Å²) in [5.41, 5.74) is -0.481. The highest BCUT2D eigenvalue weighted by Gasteiger charge is 2.31. The first kappa shape index (κ1) is 18.6. The molecule has 0 aliphatic rings. The number of nitrogens with one attached hydrogen (secondary N) is 1. The highest BCUT2D eigenvalue weighted by molar-refractivity contribution is 5.33. The van der Waals surface area contributed by atoms with Crippen LogP contribution in [0.15, 0.2) is 36.7 Å². The Morgan fingerprint density at radius 3 is 2.44 bits per heavy atom. The molecular formula is C15H16F3N5O2. The second-order valence-electron chi connectivity index (χ2n) is 5.51. The number of nitro groups is 1. The first-order chi connectivity index (χ1) is 11.7. The quantitative estimate of drug-likeness (QED) is 0.633. The van der Waals surface area contributed by atoms with Gasteiger partial charge in [0.25, 0.3) is 0 Å². The molecule has 0 radical (unpaired) electrons. The van der Waals surface area contributed by atoms with Crippen molar-refractivity contribution < 1.29 is 18.1 Å². The predicted molar refractivity (Wildman–Crippen MR) is 85.0 cm³/mol. The fourth-order valence-electron chi connectivity index (χ4n) is 2.22. The number of hydrogen-bond donors (Lipinski definition) is 1. The average Bonchev–Trinajstić information content (AvgIpc) is 2.54. The van der Waals surface area contributed by atoms with E-state index in [1.54, 1.807) is 25.1 Å². The molecule has 0 bridgehead atoms. The lowest BCUT2D eigenvalue weighted by molar-refractivity contribution is -0.385. The van der Waals surface area contributed by atoms with Gasteiger partial charge in [0.2, 0.25) is 5.95 Å². The Labute approximate surface area is 141 Å². The van der Waals surface area contributed by atoms with Crippen LogP contribution < -0.4 is 5.32 Å². The Kier molecular flexibility index (Phi) is 5.52. The van der Waals surface area contributed by atoms with Crippen molar-refractivity contribution in [3.05, 3.63) is 57.9 Å². The van der Waals surface area contributed by atoms with E-state index < -0.39 is 16.7 Å². The summed E-state index contributed by atoms with van der Waals surface area (Å²) in [7, 11) is 3.48. The Morgan fingerprint density at radius 1 is 1.28 bits per heavy atom. The van der Waals surface area contributed by atoms with E-state index in [0.717, 1.165) is 24.5 Å². The van der Waals surface area contributed by atoms with Crippen molar-refractivity contribution in [2.24, 2.45) is 0 Å². The van der Waals surface area contributed by atoms with Crippen LogP contribution in [0.4, 0.5) is 24.8 Å². The fraction of sp³-hybridized carbons (Fsp3) is 0.333. The summed E-state index contributed by atoms with van der Waals surface area (Å²) in [4.78, 5) is 19.4. The van der Waals surface area contributed by atoms with Gasteiger partial charge in [0.1, 0.15) is 12.4 Å².